The van der Waals surface area contributed by atoms with Gasteiger partial charge in [-0.1, -0.05) is 30.3 Å². The number of phenolic OH excluding ortho intramolecular Hbond substituents is 1. The number of phenols is 1. The molecular formula is C20H22O5. The van der Waals surface area contributed by atoms with Crippen LogP contribution in [0.5, 0.6) is 17.2 Å². The van der Waals surface area contributed by atoms with E-state index in [2.05, 4.69) is 0 Å². The van der Waals surface area contributed by atoms with Crippen LogP contribution in [0.2, 0.25) is 0 Å². The van der Waals surface area contributed by atoms with Gasteiger partial charge in [-0.2, -0.15) is 0 Å². The molecule has 3 rings (SSSR count). The first-order valence-electron chi connectivity index (χ1n) is 8.46. The lowest BCUT2D eigenvalue weighted by molar-refractivity contribution is -0.106. The van der Waals surface area contributed by atoms with Crippen LogP contribution in [0.4, 0.5) is 0 Å². The molecule has 25 heavy (non-hydrogen) atoms. The molecule has 2 aromatic carbocycles. The molecule has 5 nitrogen and oxygen atoms in total. The number of ether oxygens (including phenoxy) is 3. The summed E-state index contributed by atoms with van der Waals surface area (Å²) in [6.45, 7) is 2.39. The third kappa shape index (κ3) is 4.51. The summed E-state index contributed by atoms with van der Waals surface area (Å²) >= 11 is 0. The van der Waals surface area contributed by atoms with Gasteiger partial charge in [-0.05, 0) is 31.4 Å². The molecule has 0 aliphatic carbocycles. The number of carbonyl (C=O) groups excluding carboxylic acids is 1. The molecular weight excluding hydrogens is 320 g/mol. The van der Waals surface area contributed by atoms with Crippen molar-refractivity contribution in [1.29, 1.82) is 0 Å². The highest BCUT2D eigenvalue weighted by atomic mass is 16.7. The predicted molar refractivity (Wildman–Crippen MR) is 93.1 cm³/mol. The summed E-state index contributed by atoms with van der Waals surface area (Å²) in [7, 11) is 0. The average Bonchev–Trinajstić information content (AvgIpc) is 2.63. The Balaban J connectivity index is 1.83. The molecule has 5 heteroatoms. The van der Waals surface area contributed by atoms with Crippen LogP contribution in [0.3, 0.4) is 0 Å². The van der Waals surface area contributed by atoms with Gasteiger partial charge >= 0.3 is 0 Å². The number of aromatic hydroxyl groups is 1. The van der Waals surface area contributed by atoms with E-state index in [-0.39, 0.29) is 23.4 Å². The third-order valence-electron chi connectivity index (χ3n) is 4.07. The van der Waals surface area contributed by atoms with Crippen LogP contribution < -0.4 is 9.47 Å². The lowest BCUT2D eigenvalue weighted by Gasteiger charge is -2.25. The molecule has 0 spiro atoms. The van der Waals surface area contributed by atoms with Crippen molar-refractivity contribution in [1.82, 2.24) is 0 Å². The van der Waals surface area contributed by atoms with Gasteiger partial charge in [-0.3, -0.25) is 4.79 Å². The van der Waals surface area contributed by atoms with Gasteiger partial charge in [0.2, 0.25) is 0 Å². The summed E-state index contributed by atoms with van der Waals surface area (Å²) in [4.78, 5) is 11.7. The van der Waals surface area contributed by atoms with Gasteiger partial charge in [-0.25, -0.2) is 0 Å². The lowest BCUT2D eigenvalue weighted by atomic mass is 10.1. The third-order valence-corrected chi connectivity index (χ3v) is 4.07. The molecule has 132 valence electrons. The molecule has 1 heterocycles. The van der Waals surface area contributed by atoms with Gasteiger partial charge in [0.1, 0.15) is 12.4 Å². The van der Waals surface area contributed by atoms with Gasteiger partial charge in [0.15, 0.2) is 23.6 Å². The minimum absolute atomic E-state index is 0.118. The van der Waals surface area contributed by atoms with Crippen LogP contribution in [0.15, 0.2) is 42.5 Å². The van der Waals surface area contributed by atoms with Crippen molar-refractivity contribution in [3.05, 3.63) is 53.6 Å². The summed E-state index contributed by atoms with van der Waals surface area (Å²) < 4.78 is 17.3. The second-order valence-corrected chi connectivity index (χ2v) is 6.06. The standard InChI is InChI=1S/C20H22O5/c1-14(21)16-11-19(25-20-9-5-6-10-23-20)18(12-17(16)22)24-13-15-7-3-2-4-8-15/h2-4,7-8,11-12,20,22H,5-6,9-10,13H2,1H3. The van der Waals surface area contributed by atoms with Crippen LogP contribution in [0.1, 0.15) is 42.1 Å². The van der Waals surface area contributed by atoms with Gasteiger partial charge in [0, 0.05) is 12.5 Å². The van der Waals surface area contributed by atoms with Gasteiger partial charge in [-0.15, -0.1) is 0 Å². The highest BCUT2D eigenvalue weighted by Crippen LogP contribution is 2.36. The largest absolute Gasteiger partial charge is 0.507 e. The summed E-state index contributed by atoms with van der Waals surface area (Å²) in [5.41, 5.74) is 1.20. The second-order valence-electron chi connectivity index (χ2n) is 6.06. The predicted octanol–water partition coefficient (Wildman–Crippen LogP) is 4.08. The Bertz CT molecular complexity index is 720. The monoisotopic (exact) mass is 342 g/mol. The summed E-state index contributed by atoms with van der Waals surface area (Å²) in [6.07, 6.45) is 2.47. The Morgan fingerprint density at radius 2 is 2.00 bits per heavy atom. The quantitative estimate of drug-likeness (QED) is 0.801. The van der Waals surface area contributed by atoms with E-state index in [9.17, 15) is 9.90 Å². The van der Waals surface area contributed by atoms with E-state index in [0.717, 1.165) is 24.8 Å². The first kappa shape index (κ1) is 17.3. The maximum Gasteiger partial charge on any atom is 0.200 e. The Morgan fingerprint density at radius 1 is 1.20 bits per heavy atom. The van der Waals surface area contributed by atoms with E-state index < -0.39 is 0 Å². The number of benzene rings is 2. The van der Waals surface area contributed by atoms with Crippen molar-refractivity contribution >= 4 is 5.78 Å². The maximum atomic E-state index is 11.7. The molecule has 1 aliphatic heterocycles. The fourth-order valence-corrected chi connectivity index (χ4v) is 2.72. The normalized spacial score (nSPS) is 17.1. The molecule has 1 aliphatic rings. The molecule has 1 atom stereocenters. The van der Waals surface area contributed by atoms with E-state index in [1.807, 2.05) is 30.3 Å². The number of rotatable bonds is 6. The van der Waals surface area contributed by atoms with E-state index in [0.29, 0.717) is 24.7 Å². The highest BCUT2D eigenvalue weighted by molar-refractivity contribution is 5.97. The Labute approximate surface area is 147 Å². The van der Waals surface area contributed by atoms with Crippen molar-refractivity contribution in [2.24, 2.45) is 0 Å². The van der Waals surface area contributed by atoms with Crippen LogP contribution in [-0.4, -0.2) is 23.8 Å². The first-order valence-corrected chi connectivity index (χ1v) is 8.46. The van der Waals surface area contributed by atoms with Crippen molar-refractivity contribution in [3.63, 3.8) is 0 Å². The van der Waals surface area contributed by atoms with Gasteiger partial charge in [0.05, 0.1) is 12.2 Å². The zero-order chi connectivity index (χ0) is 17.6. The molecule has 1 N–H and O–H groups in total. The number of ketones is 1. The topological polar surface area (TPSA) is 65.0 Å². The van der Waals surface area contributed by atoms with Crippen LogP contribution in [0.25, 0.3) is 0 Å². The molecule has 0 amide bonds. The Kier molecular flexibility index (Phi) is 5.56. The maximum absolute atomic E-state index is 11.7. The number of hydrogen-bond donors (Lipinski definition) is 1. The van der Waals surface area contributed by atoms with Crippen molar-refractivity contribution in [2.45, 2.75) is 39.1 Å². The Morgan fingerprint density at radius 3 is 2.68 bits per heavy atom. The van der Waals surface area contributed by atoms with Crippen LogP contribution >= 0.6 is 0 Å². The van der Waals surface area contributed by atoms with Crippen LogP contribution in [-0.2, 0) is 11.3 Å². The summed E-state index contributed by atoms with van der Waals surface area (Å²) in [5, 5.41) is 10.1. The second kappa shape index (κ2) is 8.03. The van der Waals surface area contributed by atoms with E-state index in [1.54, 1.807) is 0 Å². The molecule has 1 saturated heterocycles. The van der Waals surface area contributed by atoms with Gasteiger partial charge in [0.25, 0.3) is 0 Å². The minimum atomic E-state index is -0.364. The van der Waals surface area contributed by atoms with Crippen molar-refractivity contribution in [3.8, 4) is 17.2 Å². The first-order chi connectivity index (χ1) is 12.1. The van der Waals surface area contributed by atoms with Crippen molar-refractivity contribution in [2.75, 3.05) is 6.61 Å². The van der Waals surface area contributed by atoms with Gasteiger partial charge < -0.3 is 19.3 Å². The fraction of sp³-hybridized carbons (Fsp3) is 0.350. The van der Waals surface area contributed by atoms with E-state index in [4.69, 9.17) is 14.2 Å². The van der Waals surface area contributed by atoms with E-state index in [1.165, 1.54) is 19.1 Å². The molecule has 1 fully saturated rings. The zero-order valence-corrected chi connectivity index (χ0v) is 14.2. The molecule has 2 aromatic rings. The molecule has 0 saturated carbocycles. The minimum Gasteiger partial charge on any atom is -0.507 e. The SMILES string of the molecule is CC(=O)c1cc(OC2CCCCO2)c(OCc2ccccc2)cc1O. The average molecular weight is 342 g/mol. The van der Waals surface area contributed by atoms with Crippen LogP contribution in [0, 0.1) is 0 Å². The summed E-state index contributed by atoms with van der Waals surface area (Å²) in [5.74, 6) is 0.445. The number of Topliss-reactive ketones (excluding diaryl/α,β-unsaturated/α-hetero) is 1. The highest BCUT2D eigenvalue weighted by Gasteiger charge is 2.20. The Hall–Kier alpha value is -2.53. The number of hydrogen-bond acceptors (Lipinski definition) is 5. The molecule has 0 aromatic heterocycles. The lowest BCUT2D eigenvalue weighted by Crippen LogP contribution is -2.25. The fourth-order valence-electron chi connectivity index (χ4n) is 2.72. The van der Waals surface area contributed by atoms with Crippen molar-refractivity contribution < 1.29 is 24.1 Å². The van der Waals surface area contributed by atoms with E-state index >= 15 is 0 Å². The number of carbonyl (C=O) groups is 1. The smallest absolute Gasteiger partial charge is 0.200 e. The molecule has 0 bridgehead atoms. The summed E-state index contributed by atoms with van der Waals surface area (Å²) in [6, 6.07) is 12.7. The zero-order valence-electron chi connectivity index (χ0n) is 14.2. The molecule has 1 unspecified atom stereocenters. The molecule has 0 radical (unpaired) electrons.